The minimum absolute atomic E-state index is 0.228. The van der Waals surface area contributed by atoms with Gasteiger partial charge in [0.1, 0.15) is 0 Å². The van der Waals surface area contributed by atoms with Crippen LogP contribution in [-0.2, 0) is 9.53 Å². The molecule has 5 heteroatoms. The van der Waals surface area contributed by atoms with E-state index in [1.54, 1.807) is 0 Å². The Kier molecular flexibility index (Phi) is 7.23. The quantitative estimate of drug-likeness (QED) is 0.658. The van der Waals surface area contributed by atoms with E-state index < -0.39 is 0 Å². The van der Waals surface area contributed by atoms with Crippen molar-refractivity contribution in [2.45, 2.75) is 45.3 Å². The van der Waals surface area contributed by atoms with Gasteiger partial charge in [-0.15, -0.1) is 0 Å². The Hall–Kier alpha value is -0.650. The molecule has 0 bridgehead atoms. The number of carbonyl (C=O) groups is 1. The largest absolute Gasteiger partial charge is 0.378 e. The molecule has 106 valence electrons. The minimum Gasteiger partial charge on any atom is -0.378 e. The second-order valence-electron chi connectivity index (χ2n) is 4.86. The fourth-order valence-corrected chi connectivity index (χ4v) is 2.33. The summed E-state index contributed by atoms with van der Waals surface area (Å²) in [7, 11) is 0. The molecule has 0 aromatic rings. The van der Waals surface area contributed by atoms with E-state index in [1.807, 2.05) is 6.92 Å². The highest BCUT2D eigenvalue weighted by atomic mass is 16.5. The zero-order chi connectivity index (χ0) is 13.4. The van der Waals surface area contributed by atoms with Crippen molar-refractivity contribution < 1.29 is 9.53 Å². The molecule has 1 rings (SSSR count). The predicted octanol–water partition coefficient (Wildman–Crippen LogP) is 0.341. The molecule has 1 aliphatic rings. The van der Waals surface area contributed by atoms with Crippen LogP contribution in [0.3, 0.4) is 0 Å². The van der Waals surface area contributed by atoms with Crippen molar-refractivity contribution in [1.29, 1.82) is 0 Å². The van der Waals surface area contributed by atoms with Crippen LogP contribution in [0, 0.1) is 0 Å². The number of nitrogens with zero attached hydrogens (tertiary/aromatic N) is 1. The molecule has 5 nitrogen and oxygen atoms in total. The summed E-state index contributed by atoms with van der Waals surface area (Å²) in [6, 6.07) is -0.228. The van der Waals surface area contributed by atoms with Gasteiger partial charge in [0.05, 0.1) is 12.1 Å². The van der Waals surface area contributed by atoms with Gasteiger partial charge in [0.15, 0.2) is 0 Å². The van der Waals surface area contributed by atoms with Gasteiger partial charge in [-0.2, -0.15) is 0 Å². The second-order valence-corrected chi connectivity index (χ2v) is 4.86. The zero-order valence-electron chi connectivity index (χ0n) is 11.7. The number of rotatable bonds is 8. The number of ether oxygens (including phenoxy) is 1. The first-order valence-electron chi connectivity index (χ1n) is 7.04. The van der Waals surface area contributed by atoms with E-state index in [9.17, 15) is 4.79 Å². The highest BCUT2D eigenvalue weighted by Gasteiger charge is 2.23. The van der Waals surface area contributed by atoms with Gasteiger partial charge in [-0.1, -0.05) is 6.92 Å². The Labute approximate surface area is 110 Å². The molecule has 1 aliphatic heterocycles. The van der Waals surface area contributed by atoms with Crippen LogP contribution in [0.1, 0.15) is 33.1 Å². The molecular formula is C13H27N3O2. The molecule has 0 aliphatic carbocycles. The van der Waals surface area contributed by atoms with E-state index in [2.05, 4.69) is 17.1 Å². The van der Waals surface area contributed by atoms with Gasteiger partial charge in [0, 0.05) is 26.2 Å². The van der Waals surface area contributed by atoms with Crippen LogP contribution in [0.5, 0.6) is 0 Å². The number of piperidine rings is 1. The molecule has 1 atom stereocenters. The van der Waals surface area contributed by atoms with E-state index >= 15 is 0 Å². The molecule has 0 spiro atoms. The van der Waals surface area contributed by atoms with Crippen LogP contribution in [0.2, 0.25) is 0 Å². The van der Waals surface area contributed by atoms with Gasteiger partial charge >= 0.3 is 0 Å². The lowest BCUT2D eigenvalue weighted by Crippen LogP contribution is -2.51. The average Bonchev–Trinajstić information content (AvgIpc) is 2.36. The highest BCUT2D eigenvalue weighted by molar-refractivity contribution is 5.80. The first-order valence-corrected chi connectivity index (χ1v) is 7.04. The fourth-order valence-electron chi connectivity index (χ4n) is 2.33. The van der Waals surface area contributed by atoms with Gasteiger partial charge in [0.25, 0.3) is 0 Å². The lowest BCUT2D eigenvalue weighted by Gasteiger charge is -2.33. The maximum absolute atomic E-state index is 11.4. The number of amides is 1. The summed E-state index contributed by atoms with van der Waals surface area (Å²) in [6.45, 7) is 8.43. The average molecular weight is 257 g/mol. The maximum atomic E-state index is 11.4. The molecule has 0 aromatic carbocycles. The Morgan fingerprint density at radius 1 is 1.44 bits per heavy atom. The van der Waals surface area contributed by atoms with Crippen molar-refractivity contribution >= 4 is 5.91 Å². The normalized spacial score (nSPS) is 19.9. The number of hydrogen-bond acceptors (Lipinski definition) is 4. The zero-order valence-corrected chi connectivity index (χ0v) is 11.7. The summed E-state index contributed by atoms with van der Waals surface area (Å²) in [4.78, 5) is 13.7. The topological polar surface area (TPSA) is 67.6 Å². The fraction of sp³-hybridized carbons (Fsp3) is 0.923. The SMILES string of the molecule is CCCNC(CN1CCC(OCC)CC1)C(N)=O. The van der Waals surface area contributed by atoms with Gasteiger partial charge < -0.3 is 20.7 Å². The molecule has 1 unspecified atom stereocenters. The molecule has 1 heterocycles. The molecule has 18 heavy (non-hydrogen) atoms. The highest BCUT2D eigenvalue weighted by Crippen LogP contribution is 2.13. The van der Waals surface area contributed by atoms with Crippen molar-refractivity contribution in [3.05, 3.63) is 0 Å². The van der Waals surface area contributed by atoms with E-state index in [0.29, 0.717) is 12.6 Å². The predicted molar refractivity (Wildman–Crippen MR) is 72.4 cm³/mol. The molecule has 0 radical (unpaired) electrons. The summed E-state index contributed by atoms with van der Waals surface area (Å²) in [5, 5.41) is 3.21. The van der Waals surface area contributed by atoms with Crippen molar-refractivity contribution in [2.75, 3.05) is 32.8 Å². The van der Waals surface area contributed by atoms with Gasteiger partial charge in [-0.25, -0.2) is 0 Å². The number of carbonyl (C=O) groups excluding carboxylic acids is 1. The molecule has 1 saturated heterocycles. The molecule has 0 aromatic heterocycles. The van der Waals surface area contributed by atoms with E-state index in [4.69, 9.17) is 10.5 Å². The van der Waals surface area contributed by atoms with Gasteiger partial charge in [-0.3, -0.25) is 4.79 Å². The third-order valence-corrected chi connectivity index (χ3v) is 3.36. The Morgan fingerprint density at radius 2 is 2.11 bits per heavy atom. The van der Waals surface area contributed by atoms with Gasteiger partial charge in [-0.05, 0) is 32.7 Å². The lowest BCUT2D eigenvalue weighted by molar-refractivity contribution is -0.120. The molecule has 3 N–H and O–H groups in total. The monoisotopic (exact) mass is 257 g/mol. The number of nitrogens with one attached hydrogen (secondary N) is 1. The summed E-state index contributed by atoms with van der Waals surface area (Å²) >= 11 is 0. The first-order chi connectivity index (χ1) is 8.67. The van der Waals surface area contributed by atoms with Crippen molar-refractivity contribution in [3.63, 3.8) is 0 Å². The molecule has 1 fully saturated rings. The first kappa shape index (κ1) is 15.4. The third kappa shape index (κ3) is 5.33. The number of likely N-dealkylation sites (tertiary alicyclic amines) is 1. The molecule has 0 saturated carbocycles. The van der Waals surface area contributed by atoms with Crippen LogP contribution < -0.4 is 11.1 Å². The van der Waals surface area contributed by atoms with Crippen LogP contribution in [0.25, 0.3) is 0 Å². The standard InChI is InChI=1S/C13H27N3O2/c1-3-7-15-12(13(14)17)10-16-8-5-11(6-9-16)18-4-2/h11-12,15H,3-10H2,1-2H3,(H2,14,17). The Balaban J connectivity index is 2.30. The second kappa shape index (κ2) is 8.45. The Morgan fingerprint density at radius 3 is 2.61 bits per heavy atom. The van der Waals surface area contributed by atoms with Crippen LogP contribution in [0.4, 0.5) is 0 Å². The summed E-state index contributed by atoms with van der Waals surface area (Å²) in [5.74, 6) is -0.254. The van der Waals surface area contributed by atoms with Crippen LogP contribution in [0.15, 0.2) is 0 Å². The van der Waals surface area contributed by atoms with E-state index in [0.717, 1.165) is 45.5 Å². The summed E-state index contributed by atoms with van der Waals surface area (Å²) in [6.07, 6.45) is 3.50. The number of nitrogens with two attached hydrogens (primary N) is 1. The van der Waals surface area contributed by atoms with E-state index in [-0.39, 0.29) is 11.9 Å². The van der Waals surface area contributed by atoms with Crippen LogP contribution >= 0.6 is 0 Å². The molecular weight excluding hydrogens is 230 g/mol. The minimum atomic E-state index is -0.254. The van der Waals surface area contributed by atoms with Gasteiger partial charge in [0.2, 0.25) is 5.91 Å². The third-order valence-electron chi connectivity index (χ3n) is 3.36. The number of hydrogen-bond donors (Lipinski definition) is 2. The van der Waals surface area contributed by atoms with Crippen molar-refractivity contribution in [2.24, 2.45) is 5.73 Å². The summed E-state index contributed by atoms with van der Waals surface area (Å²) in [5.41, 5.74) is 5.42. The Bertz CT molecular complexity index is 240. The number of primary amides is 1. The smallest absolute Gasteiger partial charge is 0.235 e. The summed E-state index contributed by atoms with van der Waals surface area (Å²) < 4.78 is 5.61. The van der Waals surface area contributed by atoms with Crippen molar-refractivity contribution in [3.8, 4) is 0 Å². The maximum Gasteiger partial charge on any atom is 0.235 e. The van der Waals surface area contributed by atoms with Crippen LogP contribution in [-0.4, -0.2) is 55.7 Å². The van der Waals surface area contributed by atoms with E-state index in [1.165, 1.54) is 0 Å². The lowest BCUT2D eigenvalue weighted by atomic mass is 10.1. The van der Waals surface area contributed by atoms with Crippen molar-refractivity contribution in [1.82, 2.24) is 10.2 Å². The molecule has 1 amide bonds.